The molecule has 1 aromatic carbocycles. The fraction of sp³-hybridized carbons (Fsp3) is 0.357. The summed E-state index contributed by atoms with van der Waals surface area (Å²) in [4.78, 5) is 13.9. The second kappa shape index (κ2) is 6.52. The highest BCUT2D eigenvalue weighted by Crippen LogP contribution is 2.18. The zero-order valence-corrected chi connectivity index (χ0v) is 11.7. The van der Waals surface area contributed by atoms with E-state index in [0.717, 1.165) is 23.1 Å². The summed E-state index contributed by atoms with van der Waals surface area (Å²) in [6, 6.07) is 8.82. The Morgan fingerprint density at radius 2 is 2.11 bits per heavy atom. The SMILES string of the molecule is CCS(=O)CCCOc1ccc2[nH]c(=O)ccc2c1. The Balaban J connectivity index is 1.96. The van der Waals surface area contributed by atoms with E-state index in [0.29, 0.717) is 18.1 Å². The van der Waals surface area contributed by atoms with Crippen molar-refractivity contribution in [2.45, 2.75) is 13.3 Å². The molecule has 4 nitrogen and oxygen atoms in total. The van der Waals surface area contributed by atoms with Crippen LogP contribution in [-0.4, -0.2) is 27.3 Å². The number of hydrogen-bond acceptors (Lipinski definition) is 3. The van der Waals surface area contributed by atoms with Crippen LogP contribution in [0.2, 0.25) is 0 Å². The summed E-state index contributed by atoms with van der Waals surface area (Å²) in [6.07, 6.45) is 0.782. The maximum Gasteiger partial charge on any atom is 0.248 e. The van der Waals surface area contributed by atoms with E-state index in [1.54, 1.807) is 6.07 Å². The number of fused-ring (bicyclic) bond motifs is 1. The molecule has 0 amide bonds. The molecular formula is C14H17NO3S. The van der Waals surface area contributed by atoms with Gasteiger partial charge in [0.1, 0.15) is 5.75 Å². The molecule has 0 bridgehead atoms. The van der Waals surface area contributed by atoms with E-state index in [9.17, 15) is 9.00 Å². The lowest BCUT2D eigenvalue weighted by atomic mass is 10.2. The van der Waals surface area contributed by atoms with Gasteiger partial charge in [0.2, 0.25) is 5.56 Å². The number of ether oxygens (including phenoxy) is 1. The van der Waals surface area contributed by atoms with E-state index < -0.39 is 10.8 Å². The largest absolute Gasteiger partial charge is 0.494 e. The van der Waals surface area contributed by atoms with Gasteiger partial charge in [0, 0.05) is 39.3 Å². The van der Waals surface area contributed by atoms with Crippen molar-refractivity contribution in [1.82, 2.24) is 4.98 Å². The average Bonchev–Trinajstić information content (AvgIpc) is 2.43. The van der Waals surface area contributed by atoms with Gasteiger partial charge in [-0.05, 0) is 30.7 Å². The molecule has 1 atom stereocenters. The van der Waals surface area contributed by atoms with Crippen LogP contribution in [0.3, 0.4) is 0 Å². The molecule has 2 aromatic rings. The summed E-state index contributed by atoms with van der Waals surface area (Å²) in [6.45, 7) is 2.47. The van der Waals surface area contributed by atoms with E-state index in [2.05, 4.69) is 4.98 Å². The smallest absolute Gasteiger partial charge is 0.248 e. The lowest BCUT2D eigenvalue weighted by molar-refractivity contribution is 0.318. The predicted octanol–water partition coefficient (Wildman–Crippen LogP) is 2.07. The van der Waals surface area contributed by atoms with Crippen molar-refractivity contribution in [2.24, 2.45) is 0 Å². The van der Waals surface area contributed by atoms with E-state index >= 15 is 0 Å². The standard InChI is InChI=1S/C14H17NO3S/c1-2-19(17)9-3-8-18-12-5-6-13-11(10-12)4-7-14(16)15-13/h4-7,10H,2-3,8-9H2,1H3,(H,15,16). The fourth-order valence-corrected chi connectivity index (χ4v) is 2.50. The molecule has 0 spiro atoms. The minimum Gasteiger partial charge on any atom is -0.494 e. The maximum absolute atomic E-state index is 11.3. The van der Waals surface area contributed by atoms with Gasteiger partial charge in [-0.2, -0.15) is 0 Å². The second-order valence-corrected chi connectivity index (χ2v) is 6.07. The molecule has 19 heavy (non-hydrogen) atoms. The van der Waals surface area contributed by atoms with E-state index in [-0.39, 0.29) is 5.56 Å². The molecule has 1 unspecified atom stereocenters. The monoisotopic (exact) mass is 279 g/mol. The van der Waals surface area contributed by atoms with Crippen LogP contribution in [0.25, 0.3) is 10.9 Å². The number of nitrogens with one attached hydrogen (secondary N) is 1. The summed E-state index contributed by atoms with van der Waals surface area (Å²) < 4.78 is 16.9. The zero-order valence-electron chi connectivity index (χ0n) is 10.8. The lowest BCUT2D eigenvalue weighted by Gasteiger charge is -2.07. The minimum absolute atomic E-state index is 0.108. The van der Waals surface area contributed by atoms with Gasteiger partial charge in [-0.25, -0.2) is 0 Å². The lowest BCUT2D eigenvalue weighted by Crippen LogP contribution is -2.06. The first-order valence-corrected chi connectivity index (χ1v) is 7.78. The van der Waals surface area contributed by atoms with Gasteiger partial charge in [-0.3, -0.25) is 9.00 Å². The Hall–Kier alpha value is -1.62. The number of aromatic nitrogens is 1. The number of pyridine rings is 1. The third-order valence-corrected chi connectivity index (χ3v) is 4.19. The number of aromatic amines is 1. The first kappa shape index (κ1) is 13.8. The third kappa shape index (κ3) is 3.92. The zero-order chi connectivity index (χ0) is 13.7. The molecule has 0 saturated carbocycles. The normalized spacial score (nSPS) is 12.5. The highest BCUT2D eigenvalue weighted by Gasteiger charge is 2.00. The Morgan fingerprint density at radius 1 is 1.26 bits per heavy atom. The molecule has 102 valence electrons. The minimum atomic E-state index is -0.729. The van der Waals surface area contributed by atoms with Crippen molar-refractivity contribution in [2.75, 3.05) is 18.1 Å². The first-order chi connectivity index (χ1) is 9.19. The number of benzene rings is 1. The maximum atomic E-state index is 11.3. The molecule has 0 fully saturated rings. The van der Waals surface area contributed by atoms with Gasteiger partial charge in [0.15, 0.2) is 0 Å². The highest BCUT2D eigenvalue weighted by atomic mass is 32.2. The Morgan fingerprint density at radius 3 is 2.89 bits per heavy atom. The van der Waals surface area contributed by atoms with Crippen LogP contribution in [-0.2, 0) is 10.8 Å². The molecule has 1 aromatic heterocycles. The molecule has 0 aliphatic carbocycles. The van der Waals surface area contributed by atoms with Crippen molar-refractivity contribution < 1.29 is 8.95 Å². The molecule has 5 heteroatoms. The Bertz CT molecular complexity index is 636. The molecule has 0 radical (unpaired) electrons. The van der Waals surface area contributed by atoms with Gasteiger partial charge in [0.25, 0.3) is 0 Å². The van der Waals surface area contributed by atoms with Crippen LogP contribution in [0, 0.1) is 0 Å². The van der Waals surface area contributed by atoms with Gasteiger partial charge < -0.3 is 9.72 Å². The van der Waals surface area contributed by atoms with Crippen molar-refractivity contribution in [3.8, 4) is 5.75 Å². The van der Waals surface area contributed by atoms with Crippen molar-refractivity contribution in [3.05, 3.63) is 40.7 Å². The summed E-state index contributed by atoms with van der Waals surface area (Å²) in [7, 11) is -0.729. The number of H-pyrrole nitrogens is 1. The van der Waals surface area contributed by atoms with Crippen LogP contribution in [0.5, 0.6) is 5.75 Å². The van der Waals surface area contributed by atoms with Crippen molar-refractivity contribution in [1.29, 1.82) is 0 Å². The third-order valence-electron chi connectivity index (χ3n) is 2.80. The topological polar surface area (TPSA) is 59.2 Å². The van der Waals surface area contributed by atoms with Crippen LogP contribution >= 0.6 is 0 Å². The highest BCUT2D eigenvalue weighted by molar-refractivity contribution is 7.84. The van der Waals surface area contributed by atoms with Gasteiger partial charge >= 0.3 is 0 Å². The Labute approximate surface area is 114 Å². The summed E-state index contributed by atoms with van der Waals surface area (Å²) in [5.41, 5.74) is 0.690. The van der Waals surface area contributed by atoms with E-state index in [1.165, 1.54) is 6.07 Å². The first-order valence-electron chi connectivity index (χ1n) is 6.30. The van der Waals surface area contributed by atoms with Crippen LogP contribution < -0.4 is 10.3 Å². The molecule has 1 N–H and O–H groups in total. The van der Waals surface area contributed by atoms with Crippen LogP contribution in [0.15, 0.2) is 35.1 Å². The molecule has 2 rings (SSSR count). The van der Waals surface area contributed by atoms with Crippen molar-refractivity contribution >= 4 is 21.7 Å². The molecule has 1 heterocycles. The van der Waals surface area contributed by atoms with E-state index in [4.69, 9.17) is 4.74 Å². The molecule has 0 aliphatic rings. The molecular weight excluding hydrogens is 262 g/mol. The van der Waals surface area contributed by atoms with E-state index in [1.807, 2.05) is 25.1 Å². The quantitative estimate of drug-likeness (QED) is 0.823. The van der Waals surface area contributed by atoms with Gasteiger partial charge in [0.05, 0.1) is 6.61 Å². The second-order valence-electron chi connectivity index (χ2n) is 4.21. The van der Waals surface area contributed by atoms with Crippen molar-refractivity contribution in [3.63, 3.8) is 0 Å². The number of hydrogen-bond donors (Lipinski definition) is 1. The van der Waals surface area contributed by atoms with Gasteiger partial charge in [-0.15, -0.1) is 0 Å². The molecule has 0 aliphatic heterocycles. The van der Waals surface area contributed by atoms with Crippen LogP contribution in [0.1, 0.15) is 13.3 Å². The fourth-order valence-electron chi connectivity index (χ4n) is 1.78. The average molecular weight is 279 g/mol. The number of rotatable bonds is 6. The van der Waals surface area contributed by atoms with Gasteiger partial charge in [-0.1, -0.05) is 6.92 Å². The predicted molar refractivity (Wildman–Crippen MR) is 78.2 cm³/mol. The summed E-state index contributed by atoms with van der Waals surface area (Å²) in [5, 5.41) is 0.939. The Kier molecular flexibility index (Phi) is 4.74. The molecule has 0 saturated heterocycles. The van der Waals surface area contributed by atoms with Crippen LogP contribution in [0.4, 0.5) is 0 Å². The summed E-state index contributed by atoms with van der Waals surface area (Å²) in [5.74, 6) is 2.14. The summed E-state index contributed by atoms with van der Waals surface area (Å²) >= 11 is 0.